The van der Waals surface area contributed by atoms with Crippen LogP contribution in [0.3, 0.4) is 0 Å². The maximum atomic E-state index is 11.3. The number of rotatable bonds is 4. The fourth-order valence-corrected chi connectivity index (χ4v) is 2.73. The van der Waals surface area contributed by atoms with Crippen LogP contribution >= 0.6 is 28.3 Å². The van der Waals surface area contributed by atoms with Gasteiger partial charge >= 0.3 is 0 Å². The number of hydrogen-bond acceptors (Lipinski definition) is 2. The smallest absolute Gasteiger partial charge is 0.233 e. The molecule has 1 aromatic carbocycles. The minimum Gasteiger partial charge on any atom is -0.354 e. The topological polar surface area (TPSA) is 55.1 Å². The Labute approximate surface area is 122 Å². The minimum atomic E-state index is -0.0775. The molecule has 0 bridgehead atoms. The van der Waals surface area contributed by atoms with Crippen molar-refractivity contribution in [3.05, 3.63) is 34.3 Å². The van der Waals surface area contributed by atoms with Gasteiger partial charge in [0.05, 0.1) is 6.54 Å². The number of carbonyl (C=O) groups is 1. The quantitative estimate of drug-likeness (QED) is 0.889. The SMILES string of the molecule is Cl.NCC(=O)NCC1(c2cccc(Br)c2)CCC1. The zero-order valence-electron chi connectivity index (χ0n) is 10.1. The second-order valence-corrected chi connectivity index (χ2v) is 5.54. The number of halogens is 2. The molecule has 1 fully saturated rings. The first kappa shape index (κ1) is 15.5. The number of carbonyl (C=O) groups excluding carboxylic acids is 1. The molecular formula is C13H18BrClN2O. The zero-order chi connectivity index (χ0) is 12.3. The van der Waals surface area contributed by atoms with Gasteiger partial charge in [-0.15, -0.1) is 12.4 Å². The first-order valence-electron chi connectivity index (χ1n) is 5.89. The van der Waals surface area contributed by atoms with Gasteiger partial charge in [-0.1, -0.05) is 34.5 Å². The van der Waals surface area contributed by atoms with Crippen LogP contribution < -0.4 is 11.1 Å². The van der Waals surface area contributed by atoms with E-state index in [0.29, 0.717) is 6.54 Å². The average Bonchev–Trinajstić information content (AvgIpc) is 2.27. The van der Waals surface area contributed by atoms with Gasteiger partial charge in [-0.25, -0.2) is 0 Å². The van der Waals surface area contributed by atoms with Crippen molar-refractivity contribution in [3.63, 3.8) is 0 Å². The Morgan fingerprint density at radius 3 is 2.67 bits per heavy atom. The monoisotopic (exact) mass is 332 g/mol. The normalized spacial score (nSPS) is 16.3. The average molecular weight is 334 g/mol. The summed E-state index contributed by atoms with van der Waals surface area (Å²) in [5.74, 6) is -0.0775. The molecule has 0 aromatic heterocycles. The van der Waals surface area contributed by atoms with Crippen molar-refractivity contribution in [3.8, 4) is 0 Å². The highest BCUT2D eigenvalue weighted by Crippen LogP contribution is 2.43. The second kappa shape index (κ2) is 6.55. The lowest BCUT2D eigenvalue weighted by atomic mass is 9.64. The molecule has 5 heteroatoms. The van der Waals surface area contributed by atoms with E-state index >= 15 is 0 Å². The first-order chi connectivity index (χ1) is 8.16. The van der Waals surface area contributed by atoms with E-state index in [9.17, 15) is 4.79 Å². The molecule has 18 heavy (non-hydrogen) atoms. The number of nitrogens with two attached hydrogens (primary N) is 1. The number of hydrogen-bond donors (Lipinski definition) is 2. The van der Waals surface area contributed by atoms with Gasteiger partial charge in [0.1, 0.15) is 0 Å². The summed E-state index contributed by atoms with van der Waals surface area (Å²) in [6.07, 6.45) is 3.49. The molecule has 0 atom stereocenters. The molecule has 1 amide bonds. The second-order valence-electron chi connectivity index (χ2n) is 4.63. The van der Waals surface area contributed by atoms with Crippen LogP contribution in [0.1, 0.15) is 24.8 Å². The highest BCUT2D eigenvalue weighted by Gasteiger charge is 2.38. The van der Waals surface area contributed by atoms with Crippen LogP contribution in [0, 0.1) is 0 Å². The highest BCUT2D eigenvalue weighted by molar-refractivity contribution is 9.10. The van der Waals surface area contributed by atoms with Gasteiger partial charge in [0, 0.05) is 16.4 Å². The molecule has 1 aromatic rings. The van der Waals surface area contributed by atoms with E-state index in [1.807, 2.05) is 12.1 Å². The predicted octanol–water partition coefficient (Wildman–Crippen LogP) is 2.37. The fourth-order valence-electron chi connectivity index (χ4n) is 2.33. The number of amides is 1. The maximum Gasteiger partial charge on any atom is 0.233 e. The van der Waals surface area contributed by atoms with Crippen LogP contribution in [-0.2, 0) is 10.2 Å². The molecule has 2 rings (SSSR count). The molecule has 0 spiro atoms. The van der Waals surface area contributed by atoms with Crippen LogP contribution in [0.2, 0.25) is 0 Å². The van der Waals surface area contributed by atoms with Crippen molar-refractivity contribution in [1.82, 2.24) is 5.32 Å². The van der Waals surface area contributed by atoms with Gasteiger partial charge in [-0.2, -0.15) is 0 Å². The number of nitrogens with one attached hydrogen (secondary N) is 1. The lowest BCUT2D eigenvalue weighted by Gasteiger charge is -2.42. The van der Waals surface area contributed by atoms with Crippen LogP contribution in [0.5, 0.6) is 0 Å². The van der Waals surface area contributed by atoms with Crippen molar-refractivity contribution in [2.75, 3.05) is 13.1 Å². The molecule has 0 radical (unpaired) electrons. The highest BCUT2D eigenvalue weighted by atomic mass is 79.9. The minimum absolute atomic E-state index is 0. The van der Waals surface area contributed by atoms with E-state index in [4.69, 9.17) is 5.73 Å². The van der Waals surface area contributed by atoms with Gasteiger partial charge < -0.3 is 11.1 Å². The molecule has 0 unspecified atom stereocenters. The van der Waals surface area contributed by atoms with Crippen molar-refractivity contribution < 1.29 is 4.79 Å². The molecule has 1 aliphatic rings. The Balaban J connectivity index is 0.00000162. The van der Waals surface area contributed by atoms with Gasteiger partial charge in [-0.3, -0.25) is 4.79 Å². The molecule has 0 saturated heterocycles. The fraction of sp³-hybridized carbons (Fsp3) is 0.462. The van der Waals surface area contributed by atoms with E-state index in [2.05, 4.69) is 33.4 Å². The van der Waals surface area contributed by atoms with E-state index in [1.165, 1.54) is 12.0 Å². The van der Waals surface area contributed by atoms with E-state index < -0.39 is 0 Å². The summed E-state index contributed by atoms with van der Waals surface area (Å²) in [7, 11) is 0. The first-order valence-corrected chi connectivity index (χ1v) is 6.68. The van der Waals surface area contributed by atoms with E-state index in [-0.39, 0.29) is 30.3 Å². The van der Waals surface area contributed by atoms with Crippen molar-refractivity contribution in [1.29, 1.82) is 0 Å². The summed E-state index contributed by atoms with van der Waals surface area (Å²) in [6, 6.07) is 8.35. The Bertz CT molecular complexity index is 421. The van der Waals surface area contributed by atoms with Gasteiger partial charge in [-0.05, 0) is 30.5 Å². The Kier molecular flexibility index (Phi) is 5.63. The van der Waals surface area contributed by atoms with Crippen LogP contribution in [-0.4, -0.2) is 19.0 Å². The number of benzene rings is 1. The van der Waals surface area contributed by atoms with Crippen molar-refractivity contribution in [2.45, 2.75) is 24.7 Å². The Morgan fingerprint density at radius 2 is 2.17 bits per heavy atom. The van der Waals surface area contributed by atoms with Crippen molar-refractivity contribution in [2.24, 2.45) is 5.73 Å². The molecule has 3 N–H and O–H groups in total. The third-order valence-electron chi connectivity index (χ3n) is 3.56. The molecule has 3 nitrogen and oxygen atoms in total. The summed E-state index contributed by atoms with van der Waals surface area (Å²) < 4.78 is 1.09. The summed E-state index contributed by atoms with van der Waals surface area (Å²) in [6.45, 7) is 0.758. The summed E-state index contributed by atoms with van der Waals surface area (Å²) in [4.78, 5) is 11.3. The van der Waals surface area contributed by atoms with Crippen LogP contribution in [0.15, 0.2) is 28.7 Å². The zero-order valence-corrected chi connectivity index (χ0v) is 12.5. The third kappa shape index (κ3) is 3.25. The molecule has 1 aliphatic carbocycles. The van der Waals surface area contributed by atoms with Gasteiger partial charge in [0.15, 0.2) is 0 Å². The largest absolute Gasteiger partial charge is 0.354 e. The lowest BCUT2D eigenvalue weighted by molar-refractivity contribution is -0.120. The molecular weight excluding hydrogens is 316 g/mol. The molecule has 100 valence electrons. The van der Waals surface area contributed by atoms with Crippen LogP contribution in [0.25, 0.3) is 0 Å². The van der Waals surface area contributed by atoms with E-state index in [0.717, 1.165) is 17.3 Å². The van der Waals surface area contributed by atoms with E-state index in [1.54, 1.807) is 0 Å². The standard InChI is InChI=1S/C13H17BrN2O.ClH/c14-11-4-1-3-10(7-11)13(5-2-6-13)9-16-12(17)8-15;/h1,3-4,7H,2,5-6,8-9,15H2,(H,16,17);1H. The summed E-state index contributed by atoms with van der Waals surface area (Å²) in [5, 5.41) is 2.91. The van der Waals surface area contributed by atoms with Crippen LogP contribution in [0.4, 0.5) is 0 Å². The van der Waals surface area contributed by atoms with Crippen molar-refractivity contribution >= 4 is 34.2 Å². The molecule has 0 aliphatic heterocycles. The maximum absolute atomic E-state index is 11.3. The Hall–Kier alpha value is -0.580. The van der Waals surface area contributed by atoms with Gasteiger partial charge in [0.25, 0.3) is 0 Å². The lowest BCUT2D eigenvalue weighted by Crippen LogP contribution is -2.46. The molecule has 1 saturated carbocycles. The summed E-state index contributed by atoms with van der Waals surface area (Å²) in [5.41, 5.74) is 6.73. The predicted molar refractivity (Wildman–Crippen MR) is 79.0 cm³/mol. The van der Waals surface area contributed by atoms with Gasteiger partial charge in [0.2, 0.25) is 5.91 Å². The summed E-state index contributed by atoms with van der Waals surface area (Å²) >= 11 is 3.49. The molecule has 0 heterocycles. The Morgan fingerprint density at radius 1 is 1.44 bits per heavy atom. The third-order valence-corrected chi connectivity index (χ3v) is 4.05.